The molecule has 4 nitrogen and oxygen atoms in total. The summed E-state index contributed by atoms with van der Waals surface area (Å²) in [6, 6.07) is 0.0707. The van der Waals surface area contributed by atoms with Crippen LogP contribution in [0.15, 0.2) is 0 Å². The minimum Gasteiger partial charge on any atom is -0.378 e. The highest BCUT2D eigenvalue weighted by molar-refractivity contribution is 5.29. The first-order valence-corrected chi connectivity index (χ1v) is 7.62. The molecule has 0 radical (unpaired) electrons. The van der Waals surface area contributed by atoms with Gasteiger partial charge in [0.2, 0.25) is 0 Å². The smallest absolute Gasteiger partial charge is 0.0672 e. The van der Waals surface area contributed by atoms with Crippen molar-refractivity contribution in [2.45, 2.75) is 71.6 Å². The van der Waals surface area contributed by atoms with Crippen LogP contribution in [0.1, 0.15) is 63.0 Å². The van der Waals surface area contributed by atoms with Gasteiger partial charge in [-0.2, -0.15) is 5.10 Å². The minimum absolute atomic E-state index is 0.0707. The maximum Gasteiger partial charge on any atom is 0.0672 e. The summed E-state index contributed by atoms with van der Waals surface area (Å²) in [5.41, 5.74) is 9.86. The summed E-state index contributed by atoms with van der Waals surface area (Å²) < 4.78 is 7.86. The van der Waals surface area contributed by atoms with Crippen molar-refractivity contribution in [2.24, 2.45) is 5.73 Å². The van der Waals surface area contributed by atoms with E-state index in [0.717, 1.165) is 32.4 Å². The van der Waals surface area contributed by atoms with E-state index in [1.807, 2.05) is 0 Å². The van der Waals surface area contributed by atoms with Crippen LogP contribution in [-0.4, -0.2) is 22.5 Å². The molecule has 0 aromatic carbocycles. The highest BCUT2D eigenvalue weighted by atomic mass is 16.5. The van der Waals surface area contributed by atoms with Crippen LogP contribution >= 0.6 is 0 Å². The molecule has 1 aliphatic rings. The Bertz CT molecular complexity index is 406. The average Bonchev–Trinajstić information content (AvgIpc) is 3.02. The fraction of sp³-hybridized carbons (Fsp3) is 0.800. The van der Waals surface area contributed by atoms with Crippen LogP contribution < -0.4 is 5.73 Å². The summed E-state index contributed by atoms with van der Waals surface area (Å²) in [6.07, 6.45) is 5.85. The van der Waals surface area contributed by atoms with Crippen LogP contribution in [0.3, 0.4) is 0 Å². The maximum atomic E-state index is 6.12. The molecule has 1 aromatic heterocycles. The van der Waals surface area contributed by atoms with Gasteiger partial charge in [0, 0.05) is 30.5 Å². The van der Waals surface area contributed by atoms with Crippen LogP contribution in [0.4, 0.5) is 0 Å². The van der Waals surface area contributed by atoms with Gasteiger partial charge in [0.15, 0.2) is 0 Å². The monoisotopic (exact) mass is 265 g/mol. The van der Waals surface area contributed by atoms with Crippen molar-refractivity contribution in [3.63, 3.8) is 0 Å². The van der Waals surface area contributed by atoms with Crippen LogP contribution in [0.5, 0.6) is 0 Å². The van der Waals surface area contributed by atoms with E-state index in [2.05, 4.69) is 25.5 Å². The van der Waals surface area contributed by atoms with Crippen LogP contribution in [-0.2, 0) is 24.1 Å². The zero-order valence-corrected chi connectivity index (χ0v) is 12.5. The molecule has 2 unspecified atom stereocenters. The highest BCUT2D eigenvalue weighted by Gasteiger charge is 2.20. The Morgan fingerprint density at radius 1 is 1.42 bits per heavy atom. The second kappa shape index (κ2) is 6.53. The number of ether oxygens (including phenoxy) is 1. The van der Waals surface area contributed by atoms with E-state index in [0.29, 0.717) is 6.10 Å². The molecule has 19 heavy (non-hydrogen) atoms. The van der Waals surface area contributed by atoms with Gasteiger partial charge in [-0.3, -0.25) is 4.68 Å². The lowest BCUT2D eigenvalue weighted by atomic mass is 10.0. The van der Waals surface area contributed by atoms with Gasteiger partial charge in [0.25, 0.3) is 0 Å². The van der Waals surface area contributed by atoms with E-state index in [-0.39, 0.29) is 6.04 Å². The summed E-state index contributed by atoms with van der Waals surface area (Å²) in [4.78, 5) is 0. The van der Waals surface area contributed by atoms with Crippen molar-refractivity contribution < 1.29 is 4.74 Å². The van der Waals surface area contributed by atoms with Gasteiger partial charge in [-0.15, -0.1) is 0 Å². The average molecular weight is 265 g/mol. The molecule has 1 aromatic rings. The highest BCUT2D eigenvalue weighted by Crippen LogP contribution is 2.23. The van der Waals surface area contributed by atoms with Crippen molar-refractivity contribution in [3.05, 3.63) is 17.0 Å². The molecule has 0 amide bonds. The van der Waals surface area contributed by atoms with E-state index in [4.69, 9.17) is 15.6 Å². The summed E-state index contributed by atoms with van der Waals surface area (Å²) in [5.74, 6) is 0. The van der Waals surface area contributed by atoms with E-state index in [9.17, 15) is 0 Å². The third kappa shape index (κ3) is 3.18. The first-order chi connectivity index (χ1) is 9.17. The minimum atomic E-state index is 0.0707. The molecular weight excluding hydrogens is 238 g/mol. The number of aryl methyl sites for hydroxylation is 2. The second-order valence-electron chi connectivity index (χ2n) is 5.45. The SMILES string of the molecule is CCc1nn(CCC2CCCO2)c(CC)c1C(C)N. The van der Waals surface area contributed by atoms with Crippen LogP contribution in [0.25, 0.3) is 0 Å². The van der Waals surface area contributed by atoms with Crippen molar-refractivity contribution >= 4 is 0 Å². The Morgan fingerprint density at radius 2 is 2.21 bits per heavy atom. The van der Waals surface area contributed by atoms with Gasteiger partial charge in [0.05, 0.1) is 11.8 Å². The maximum absolute atomic E-state index is 6.12. The van der Waals surface area contributed by atoms with E-state index in [1.165, 1.54) is 29.8 Å². The quantitative estimate of drug-likeness (QED) is 0.860. The molecule has 2 rings (SSSR count). The summed E-state index contributed by atoms with van der Waals surface area (Å²) >= 11 is 0. The van der Waals surface area contributed by atoms with Gasteiger partial charge in [-0.05, 0) is 39.0 Å². The zero-order valence-electron chi connectivity index (χ0n) is 12.5. The first kappa shape index (κ1) is 14.5. The largest absolute Gasteiger partial charge is 0.378 e. The lowest BCUT2D eigenvalue weighted by Gasteiger charge is -2.12. The molecule has 0 saturated carbocycles. The fourth-order valence-electron chi connectivity index (χ4n) is 3.05. The number of hydrogen-bond donors (Lipinski definition) is 1. The molecule has 2 heterocycles. The van der Waals surface area contributed by atoms with Gasteiger partial charge in [-0.1, -0.05) is 13.8 Å². The lowest BCUT2D eigenvalue weighted by Crippen LogP contribution is -2.14. The third-order valence-electron chi connectivity index (χ3n) is 3.99. The molecule has 0 bridgehead atoms. The standard InChI is InChI=1S/C15H27N3O/c1-4-13-15(11(3)16)14(5-2)18(17-13)9-8-12-7-6-10-19-12/h11-12H,4-10,16H2,1-3H3. The van der Waals surface area contributed by atoms with Gasteiger partial charge < -0.3 is 10.5 Å². The Hall–Kier alpha value is -0.870. The van der Waals surface area contributed by atoms with Crippen LogP contribution in [0.2, 0.25) is 0 Å². The van der Waals surface area contributed by atoms with E-state index < -0.39 is 0 Å². The molecule has 1 fully saturated rings. The molecule has 0 spiro atoms. The third-order valence-corrected chi connectivity index (χ3v) is 3.99. The molecule has 4 heteroatoms. The fourth-order valence-corrected chi connectivity index (χ4v) is 3.05. The van der Waals surface area contributed by atoms with Crippen molar-refractivity contribution in [1.29, 1.82) is 0 Å². The first-order valence-electron chi connectivity index (χ1n) is 7.62. The lowest BCUT2D eigenvalue weighted by molar-refractivity contribution is 0.0992. The molecule has 1 aliphatic heterocycles. The normalized spacial score (nSPS) is 20.9. The molecular formula is C15H27N3O. The van der Waals surface area contributed by atoms with Crippen molar-refractivity contribution in [1.82, 2.24) is 9.78 Å². The summed E-state index contributed by atoms with van der Waals surface area (Å²) in [5, 5.41) is 4.76. The number of hydrogen-bond acceptors (Lipinski definition) is 3. The number of rotatable bonds is 6. The topological polar surface area (TPSA) is 53.1 Å². The molecule has 2 N–H and O–H groups in total. The van der Waals surface area contributed by atoms with Gasteiger partial charge >= 0.3 is 0 Å². The summed E-state index contributed by atoms with van der Waals surface area (Å²) in [6.45, 7) is 8.27. The predicted molar refractivity (Wildman–Crippen MR) is 77.2 cm³/mol. The zero-order chi connectivity index (χ0) is 13.8. The van der Waals surface area contributed by atoms with Gasteiger partial charge in [0.1, 0.15) is 0 Å². The number of nitrogens with two attached hydrogens (primary N) is 1. The number of nitrogens with zero attached hydrogens (tertiary/aromatic N) is 2. The van der Waals surface area contributed by atoms with Crippen LogP contribution in [0, 0.1) is 0 Å². The Kier molecular flexibility index (Phi) is 4.99. The van der Waals surface area contributed by atoms with Crippen molar-refractivity contribution in [2.75, 3.05) is 6.61 Å². The summed E-state index contributed by atoms with van der Waals surface area (Å²) in [7, 11) is 0. The predicted octanol–water partition coefficient (Wildman–Crippen LogP) is 2.60. The van der Waals surface area contributed by atoms with E-state index in [1.54, 1.807) is 0 Å². The Morgan fingerprint density at radius 3 is 2.74 bits per heavy atom. The Labute approximate surface area is 116 Å². The molecule has 1 saturated heterocycles. The molecule has 0 aliphatic carbocycles. The Balaban J connectivity index is 2.14. The van der Waals surface area contributed by atoms with Crippen molar-refractivity contribution in [3.8, 4) is 0 Å². The number of aromatic nitrogens is 2. The van der Waals surface area contributed by atoms with E-state index >= 15 is 0 Å². The molecule has 2 atom stereocenters. The second-order valence-corrected chi connectivity index (χ2v) is 5.45. The molecule has 108 valence electrons. The van der Waals surface area contributed by atoms with Gasteiger partial charge in [-0.25, -0.2) is 0 Å².